The lowest BCUT2D eigenvalue weighted by molar-refractivity contribution is -0.140. The van der Waals surface area contributed by atoms with Crippen molar-refractivity contribution in [2.75, 3.05) is 13.1 Å². The van der Waals surface area contributed by atoms with E-state index in [2.05, 4.69) is 5.92 Å². The van der Waals surface area contributed by atoms with Gasteiger partial charge in [0.2, 0.25) is 5.91 Å². The summed E-state index contributed by atoms with van der Waals surface area (Å²) in [5.41, 5.74) is 0. The molecule has 0 saturated carbocycles. The maximum Gasteiger partial charge on any atom is 0.303 e. The molecule has 88 valence electrons. The van der Waals surface area contributed by atoms with Crippen molar-refractivity contribution in [3.05, 3.63) is 0 Å². The third-order valence-electron chi connectivity index (χ3n) is 2.82. The Bertz CT molecular complexity index is 306. The number of carboxylic acids is 1. The number of piperidine rings is 1. The van der Waals surface area contributed by atoms with Crippen LogP contribution < -0.4 is 0 Å². The van der Waals surface area contributed by atoms with Gasteiger partial charge in [0.05, 0.1) is 0 Å². The molecule has 1 rings (SSSR count). The van der Waals surface area contributed by atoms with Gasteiger partial charge in [-0.1, -0.05) is 0 Å². The fourth-order valence-electron chi connectivity index (χ4n) is 2.04. The highest BCUT2D eigenvalue weighted by atomic mass is 16.4. The minimum absolute atomic E-state index is 0.0491. The predicted molar refractivity (Wildman–Crippen MR) is 59.6 cm³/mol. The number of hydrogen-bond acceptors (Lipinski definition) is 2. The van der Waals surface area contributed by atoms with Gasteiger partial charge in [-0.25, -0.2) is 0 Å². The first-order valence-corrected chi connectivity index (χ1v) is 5.56. The number of likely N-dealkylation sites (tertiary alicyclic amines) is 1. The molecule has 1 fully saturated rings. The lowest BCUT2D eigenvalue weighted by Crippen LogP contribution is -2.40. The summed E-state index contributed by atoms with van der Waals surface area (Å²) in [6.45, 7) is 1.30. The second-order valence-electron chi connectivity index (χ2n) is 4.15. The summed E-state index contributed by atoms with van der Waals surface area (Å²) in [5, 5.41) is 8.70. The van der Waals surface area contributed by atoms with Crippen LogP contribution in [0.25, 0.3) is 0 Å². The van der Waals surface area contributed by atoms with Gasteiger partial charge >= 0.3 is 5.97 Å². The molecule has 1 unspecified atom stereocenters. The molecule has 1 atom stereocenters. The quantitative estimate of drug-likeness (QED) is 0.726. The zero-order valence-corrected chi connectivity index (χ0v) is 9.32. The van der Waals surface area contributed by atoms with Gasteiger partial charge in [-0.3, -0.25) is 9.59 Å². The minimum atomic E-state index is -0.789. The molecule has 16 heavy (non-hydrogen) atoms. The zero-order chi connectivity index (χ0) is 12.0. The van der Waals surface area contributed by atoms with Gasteiger partial charge in [0.1, 0.15) is 0 Å². The molecule has 4 nitrogen and oxygen atoms in total. The van der Waals surface area contributed by atoms with Gasteiger partial charge in [0.25, 0.3) is 0 Å². The molecule has 0 aromatic carbocycles. The number of carboxylic acid groups (broad SMARTS) is 1. The fourth-order valence-corrected chi connectivity index (χ4v) is 2.04. The van der Waals surface area contributed by atoms with E-state index >= 15 is 0 Å². The number of nitrogens with zero attached hydrogens (tertiary/aromatic N) is 1. The molecule has 0 aromatic rings. The van der Waals surface area contributed by atoms with Crippen LogP contribution in [0.4, 0.5) is 0 Å². The maximum absolute atomic E-state index is 11.7. The van der Waals surface area contributed by atoms with Gasteiger partial charge in [0, 0.05) is 32.4 Å². The van der Waals surface area contributed by atoms with Crippen molar-refractivity contribution in [3.63, 3.8) is 0 Å². The first kappa shape index (κ1) is 12.6. The highest BCUT2D eigenvalue weighted by Gasteiger charge is 2.24. The summed E-state index contributed by atoms with van der Waals surface area (Å²) in [6, 6.07) is 0. The van der Waals surface area contributed by atoms with E-state index in [9.17, 15) is 9.59 Å². The number of amides is 1. The highest BCUT2D eigenvalue weighted by molar-refractivity contribution is 5.76. The van der Waals surface area contributed by atoms with Crippen LogP contribution in [0.3, 0.4) is 0 Å². The Morgan fingerprint density at radius 2 is 2.25 bits per heavy atom. The smallest absolute Gasteiger partial charge is 0.303 e. The number of terminal acetylenes is 1. The number of rotatable bonds is 4. The van der Waals surface area contributed by atoms with Crippen molar-refractivity contribution in [2.24, 2.45) is 5.92 Å². The van der Waals surface area contributed by atoms with Crippen molar-refractivity contribution in [1.82, 2.24) is 4.90 Å². The Hall–Kier alpha value is -1.50. The summed E-state index contributed by atoms with van der Waals surface area (Å²) in [5.74, 6) is 1.80. The van der Waals surface area contributed by atoms with Crippen LogP contribution in [0.2, 0.25) is 0 Å². The molecule has 4 heteroatoms. The largest absolute Gasteiger partial charge is 0.481 e. The van der Waals surface area contributed by atoms with Gasteiger partial charge < -0.3 is 10.0 Å². The van der Waals surface area contributed by atoms with E-state index in [1.54, 1.807) is 4.90 Å². The van der Waals surface area contributed by atoms with Crippen LogP contribution in [-0.4, -0.2) is 35.0 Å². The monoisotopic (exact) mass is 223 g/mol. The SMILES string of the molecule is C#CCCC(=O)N1CCCC(CC(=O)O)C1. The Kier molecular flexibility index (Phi) is 4.84. The maximum atomic E-state index is 11.7. The lowest BCUT2D eigenvalue weighted by Gasteiger charge is -2.32. The summed E-state index contributed by atoms with van der Waals surface area (Å²) in [6.07, 6.45) is 7.86. The van der Waals surface area contributed by atoms with Crippen LogP contribution in [0.15, 0.2) is 0 Å². The second kappa shape index (κ2) is 6.16. The van der Waals surface area contributed by atoms with Crippen LogP contribution in [0.1, 0.15) is 32.1 Å². The van der Waals surface area contributed by atoms with Crippen LogP contribution in [0.5, 0.6) is 0 Å². The topological polar surface area (TPSA) is 57.6 Å². The predicted octanol–water partition coefficient (Wildman–Crippen LogP) is 1.11. The van der Waals surface area contributed by atoms with Crippen molar-refractivity contribution < 1.29 is 14.7 Å². The summed E-state index contributed by atoms with van der Waals surface area (Å²) in [4.78, 5) is 24.0. The summed E-state index contributed by atoms with van der Waals surface area (Å²) in [7, 11) is 0. The van der Waals surface area contributed by atoms with Crippen LogP contribution in [0, 0.1) is 18.3 Å². The molecule has 1 saturated heterocycles. The molecule has 1 N–H and O–H groups in total. The van der Waals surface area contributed by atoms with Gasteiger partial charge in [-0.2, -0.15) is 0 Å². The molecule has 0 spiro atoms. The van der Waals surface area contributed by atoms with Crippen molar-refractivity contribution in [3.8, 4) is 12.3 Å². The Morgan fingerprint density at radius 3 is 2.88 bits per heavy atom. The third-order valence-corrected chi connectivity index (χ3v) is 2.82. The summed E-state index contributed by atoms with van der Waals surface area (Å²) < 4.78 is 0. The Labute approximate surface area is 95.6 Å². The molecular formula is C12H17NO3. The molecule has 1 aliphatic rings. The molecule has 0 aromatic heterocycles. The average molecular weight is 223 g/mol. The number of carbonyl (C=O) groups excluding carboxylic acids is 1. The lowest BCUT2D eigenvalue weighted by atomic mass is 9.94. The molecule has 1 amide bonds. The number of carbonyl (C=O) groups is 2. The van der Waals surface area contributed by atoms with Gasteiger partial charge in [-0.15, -0.1) is 12.3 Å². The van der Waals surface area contributed by atoms with E-state index in [0.717, 1.165) is 19.4 Å². The molecule has 0 aliphatic carbocycles. The molecular weight excluding hydrogens is 206 g/mol. The van der Waals surface area contributed by atoms with Crippen molar-refractivity contribution in [2.45, 2.75) is 32.1 Å². The van der Waals surface area contributed by atoms with Crippen LogP contribution in [-0.2, 0) is 9.59 Å². The van der Waals surface area contributed by atoms with E-state index in [1.807, 2.05) is 0 Å². The second-order valence-corrected chi connectivity index (χ2v) is 4.15. The molecule has 0 radical (unpaired) electrons. The van der Waals surface area contributed by atoms with E-state index < -0.39 is 5.97 Å². The first-order valence-electron chi connectivity index (χ1n) is 5.56. The van der Waals surface area contributed by atoms with E-state index in [1.165, 1.54) is 0 Å². The van der Waals surface area contributed by atoms with Gasteiger partial charge in [-0.05, 0) is 18.8 Å². The van der Waals surface area contributed by atoms with E-state index in [0.29, 0.717) is 19.4 Å². The Balaban J connectivity index is 2.41. The normalized spacial score (nSPS) is 20.2. The highest BCUT2D eigenvalue weighted by Crippen LogP contribution is 2.20. The summed E-state index contributed by atoms with van der Waals surface area (Å²) >= 11 is 0. The van der Waals surface area contributed by atoms with Gasteiger partial charge in [0.15, 0.2) is 0 Å². The standard InChI is InChI=1S/C12H17NO3/c1-2-3-6-11(14)13-7-4-5-10(9-13)8-12(15)16/h1,10H,3-9H2,(H,15,16). The van der Waals surface area contributed by atoms with Crippen LogP contribution >= 0.6 is 0 Å². The zero-order valence-electron chi connectivity index (χ0n) is 9.32. The fraction of sp³-hybridized carbons (Fsp3) is 0.667. The molecule has 0 bridgehead atoms. The van der Waals surface area contributed by atoms with E-state index in [-0.39, 0.29) is 18.2 Å². The van der Waals surface area contributed by atoms with E-state index in [4.69, 9.17) is 11.5 Å². The Morgan fingerprint density at radius 1 is 1.50 bits per heavy atom. The number of hydrogen-bond donors (Lipinski definition) is 1. The molecule has 1 aliphatic heterocycles. The molecule has 1 heterocycles. The number of aliphatic carboxylic acids is 1. The van der Waals surface area contributed by atoms with Crippen molar-refractivity contribution >= 4 is 11.9 Å². The minimum Gasteiger partial charge on any atom is -0.481 e. The third kappa shape index (κ3) is 3.93. The first-order chi connectivity index (χ1) is 7.63. The van der Waals surface area contributed by atoms with Crippen molar-refractivity contribution in [1.29, 1.82) is 0 Å². The average Bonchev–Trinajstić information content (AvgIpc) is 2.25.